The molecule has 12 heteroatoms. The van der Waals surface area contributed by atoms with Crippen molar-refractivity contribution in [1.82, 2.24) is 19.8 Å². The van der Waals surface area contributed by atoms with E-state index in [0.717, 1.165) is 31.7 Å². The Morgan fingerprint density at radius 2 is 1.74 bits per heavy atom. The molecule has 8 nitrogen and oxygen atoms in total. The van der Waals surface area contributed by atoms with E-state index in [-0.39, 0.29) is 15.9 Å². The van der Waals surface area contributed by atoms with E-state index in [1.54, 1.807) is 30.3 Å². The fraction of sp³-hybridized carbons (Fsp3) is 0.227. The van der Waals surface area contributed by atoms with Gasteiger partial charge in [0.25, 0.3) is 10.0 Å². The Labute approximate surface area is 207 Å². The maximum Gasteiger partial charge on any atom is 0.264 e. The van der Waals surface area contributed by atoms with Crippen LogP contribution in [0.5, 0.6) is 0 Å². The number of anilines is 2. The summed E-state index contributed by atoms with van der Waals surface area (Å²) >= 11 is 11.4. The highest BCUT2D eigenvalue weighted by Crippen LogP contribution is 2.19. The van der Waals surface area contributed by atoms with E-state index in [9.17, 15) is 12.8 Å². The van der Waals surface area contributed by atoms with Crippen molar-refractivity contribution in [2.45, 2.75) is 11.4 Å². The highest BCUT2D eigenvalue weighted by Gasteiger charge is 2.20. The fourth-order valence-corrected chi connectivity index (χ4v) is 4.92. The second-order valence-corrected chi connectivity index (χ2v) is 10.1. The van der Waals surface area contributed by atoms with Crippen LogP contribution in [0, 0.1) is 5.82 Å². The predicted octanol–water partition coefficient (Wildman–Crippen LogP) is 3.58. The van der Waals surface area contributed by atoms with Gasteiger partial charge in [0.2, 0.25) is 5.95 Å². The lowest BCUT2D eigenvalue weighted by Crippen LogP contribution is -2.49. The molecule has 0 unspecified atom stereocenters. The van der Waals surface area contributed by atoms with E-state index in [0.29, 0.717) is 17.3 Å². The standard InChI is InChI=1S/C22H22ClFN6O2S2/c23-19-14-16(2-7-20(19)24)15-29-10-12-30(13-11-29)22(33)27-17-3-5-18(6-4-17)34(31,32)28-21-25-8-1-9-26-21/h1-9,14H,10-13,15H2,(H,27,33)(H,25,26,28). The lowest BCUT2D eigenvalue weighted by molar-refractivity contribution is 0.177. The van der Waals surface area contributed by atoms with Crippen LogP contribution in [0.1, 0.15) is 5.56 Å². The van der Waals surface area contributed by atoms with Crippen molar-refractivity contribution >= 4 is 50.6 Å². The van der Waals surface area contributed by atoms with Gasteiger partial charge in [-0.2, -0.15) is 0 Å². The minimum absolute atomic E-state index is 0.00699. The number of hydrogen-bond donors (Lipinski definition) is 2. The smallest absolute Gasteiger partial charge is 0.264 e. The number of benzene rings is 2. The second kappa shape index (κ2) is 10.6. The van der Waals surface area contributed by atoms with Crippen LogP contribution in [-0.4, -0.2) is 59.5 Å². The first-order valence-electron chi connectivity index (χ1n) is 10.4. The Morgan fingerprint density at radius 3 is 2.38 bits per heavy atom. The van der Waals surface area contributed by atoms with Crippen molar-refractivity contribution in [2.24, 2.45) is 0 Å². The Hall–Kier alpha value is -2.86. The molecule has 2 aromatic carbocycles. The van der Waals surface area contributed by atoms with Crippen molar-refractivity contribution in [3.8, 4) is 0 Å². The molecule has 0 aliphatic carbocycles. The average Bonchev–Trinajstić information content (AvgIpc) is 2.83. The lowest BCUT2D eigenvalue weighted by Gasteiger charge is -2.36. The molecule has 0 amide bonds. The van der Waals surface area contributed by atoms with Crippen LogP contribution in [0.4, 0.5) is 16.0 Å². The van der Waals surface area contributed by atoms with Gasteiger partial charge in [-0.25, -0.2) is 27.5 Å². The number of hydrogen-bond acceptors (Lipinski definition) is 6. The average molecular weight is 521 g/mol. The zero-order valence-corrected chi connectivity index (χ0v) is 20.4. The van der Waals surface area contributed by atoms with Crippen LogP contribution in [0.3, 0.4) is 0 Å². The van der Waals surface area contributed by atoms with E-state index in [4.69, 9.17) is 23.8 Å². The Kier molecular flexibility index (Phi) is 7.57. The summed E-state index contributed by atoms with van der Waals surface area (Å²) in [5.74, 6) is -0.411. The van der Waals surface area contributed by atoms with Crippen LogP contribution < -0.4 is 10.0 Å². The zero-order chi connectivity index (χ0) is 24.1. The molecule has 2 N–H and O–H groups in total. The molecule has 1 saturated heterocycles. The molecule has 1 fully saturated rings. The van der Waals surface area contributed by atoms with Crippen molar-refractivity contribution in [3.63, 3.8) is 0 Å². The number of aromatic nitrogens is 2. The first kappa shape index (κ1) is 24.3. The van der Waals surface area contributed by atoms with Crippen molar-refractivity contribution in [3.05, 3.63) is 77.3 Å². The van der Waals surface area contributed by atoms with Gasteiger partial charge in [0.05, 0.1) is 9.92 Å². The normalized spacial score (nSPS) is 14.6. The van der Waals surface area contributed by atoms with E-state index in [1.165, 1.54) is 30.6 Å². The SMILES string of the molecule is O=S(=O)(Nc1ncccn1)c1ccc(NC(=S)N2CCN(Cc3ccc(F)c(Cl)c3)CC2)cc1. The van der Waals surface area contributed by atoms with Gasteiger partial charge in [0, 0.05) is 50.8 Å². The number of sulfonamides is 1. The summed E-state index contributed by atoms with van der Waals surface area (Å²) < 4.78 is 40.7. The van der Waals surface area contributed by atoms with Gasteiger partial charge in [-0.05, 0) is 60.2 Å². The molecule has 0 bridgehead atoms. The molecule has 4 rings (SSSR count). The molecule has 0 saturated carbocycles. The summed E-state index contributed by atoms with van der Waals surface area (Å²) in [6.07, 6.45) is 2.91. The molecule has 2 heterocycles. The number of nitrogens with one attached hydrogen (secondary N) is 2. The first-order chi connectivity index (χ1) is 16.3. The van der Waals surface area contributed by atoms with Crippen LogP contribution in [0.2, 0.25) is 5.02 Å². The Bertz CT molecular complexity index is 1250. The molecule has 0 spiro atoms. The summed E-state index contributed by atoms with van der Waals surface area (Å²) in [7, 11) is -3.80. The number of halogens is 2. The third-order valence-electron chi connectivity index (χ3n) is 5.26. The zero-order valence-electron chi connectivity index (χ0n) is 18.0. The van der Waals surface area contributed by atoms with Gasteiger partial charge in [-0.1, -0.05) is 17.7 Å². The molecule has 1 aliphatic rings. The van der Waals surface area contributed by atoms with Crippen LogP contribution in [-0.2, 0) is 16.6 Å². The number of piperazine rings is 1. The topological polar surface area (TPSA) is 90.5 Å². The summed E-state index contributed by atoms with van der Waals surface area (Å²) in [4.78, 5) is 12.1. The fourth-order valence-electron chi connectivity index (χ4n) is 3.46. The molecule has 1 aliphatic heterocycles. The van der Waals surface area contributed by atoms with Crippen LogP contribution >= 0.6 is 23.8 Å². The maximum absolute atomic E-state index is 13.4. The quantitative estimate of drug-likeness (QED) is 0.477. The third-order valence-corrected chi connectivity index (χ3v) is 7.25. The minimum atomic E-state index is -3.80. The number of nitrogens with zero attached hydrogens (tertiary/aromatic N) is 4. The van der Waals surface area contributed by atoms with Gasteiger partial charge >= 0.3 is 0 Å². The van der Waals surface area contributed by atoms with E-state index >= 15 is 0 Å². The van der Waals surface area contributed by atoms with Crippen molar-refractivity contribution < 1.29 is 12.8 Å². The monoisotopic (exact) mass is 520 g/mol. The van der Waals surface area contributed by atoms with E-state index < -0.39 is 15.8 Å². The van der Waals surface area contributed by atoms with Crippen LogP contribution in [0.25, 0.3) is 0 Å². The minimum Gasteiger partial charge on any atom is -0.346 e. The van der Waals surface area contributed by atoms with Crippen molar-refractivity contribution in [2.75, 3.05) is 36.2 Å². The summed E-state index contributed by atoms with van der Waals surface area (Å²) in [5, 5.41) is 3.85. The molecule has 0 atom stereocenters. The van der Waals surface area contributed by atoms with Gasteiger partial charge in [-0.15, -0.1) is 0 Å². The molecule has 3 aromatic rings. The number of thiocarbonyl (C=S) groups is 1. The summed E-state index contributed by atoms with van der Waals surface area (Å²) in [6.45, 7) is 3.73. The Morgan fingerprint density at radius 1 is 1.06 bits per heavy atom. The van der Waals surface area contributed by atoms with Crippen LogP contribution in [0.15, 0.2) is 65.8 Å². The largest absolute Gasteiger partial charge is 0.346 e. The first-order valence-corrected chi connectivity index (χ1v) is 12.7. The molecule has 0 radical (unpaired) electrons. The molecular formula is C22H22ClFN6O2S2. The van der Waals surface area contributed by atoms with Gasteiger partial charge in [0.1, 0.15) is 5.82 Å². The highest BCUT2D eigenvalue weighted by molar-refractivity contribution is 7.92. The molecular weight excluding hydrogens is 499 g/mol. The second-order valence-electron chi connectivity index (χ2n) is 7.64. The predicted molar refractivity (Wildman–Crippen MR) is 134 cm³/mol. The number of rotatable bonds is 6. The molecule has 178 valence electrons. The van der Waals surface area contributed by atoms with Gasteiger partial charge < -0.3 is 10.2 Å². The van der Waals surface area contributed by atoms with Gasteiger partial charge in [-0.3, -0.25) is 4.90 Å². The van der Waals surface area contributed by atoms with Crippen molar-refractivity contribution in [1.29, 1.82) is 0 Å². The summed E-state index contributed by atoms with van der Waals surface area (Å²) in [5.41, 5.74) is 1.65. The van der Waals surface area contributed by atoms with E-state index in [2.05, 4.69) is 29.8 Å². The van der Waals surface area contributed by atoms with Gasteiger partial charge in [0.15, 0.2) is 5.11 Å². The lowest BCUT2D eigenvalue weighted by atomic mass is 10.2. The molecule has 1 aromatic heterocycles. The maximum atomic E-state index is 13.4. The molecule has 34 heavy (non-hydrogen) atoms. The third kappa shape index (κ3) is 6.17. The highest BCUT2D eigenvalue weighted by atomic mass is 35.5. The Balaban J connectivity index is 1.29. The van der Waals surface area contributed by atoms with E-state index in [1.807, 2.05) is 0 Å². The summed E-state index contributed by atoms with van der Waals surface area (Å²) in [6, 6.07) is 12.7.